The molecule has 0 unspecified atom stereocenters. The molecule has 1 fully saturated rings. The van der Waals surface area contributed by atoms with E-state index in [1.54, 1.807) is 25.2 Å². The Morgan fingerprint density at radius 1 is 1.00 bits per heavy atom. The van der Waals surface area contributed by atoms with Gasteiger partial charge in [0.2, 0.25) is 10.0 Å². The molecule has 1 heterocycles. The molecule has 26 heavy (non-hydrogen) atoms. The summed E-state index contributed by atoms with van der Waals surface area (Å²) in [4.78, 5) is 14.6. The first-order valence-electron chi connectivity index (χ1n) is 8.88. The summed E-state index contributed by atoms with van der Waals surface area (Å²) in [5, 5.41) is 0. The Labute approximate surface area is 155 Å². The van der Waals surface area contributed by atoms with E-state index in [0.717, 1.165) is 37.9 Å². The summed E-state index contributed by atoms with van der Waals surface area (Å²) in [6.07, 6.45) is 3.15. The molecule has 1 saturated heterocycles. The van der Waals surface area contributed by atoms with Gasteiger partial charge in [0, 0.05) is 32.2 Å². The average Bonchev–Trinajstić information content (AvgIpc) is 2.69. The first kappa shape index (κ1) is 18.6. The summed E-state index contributed by atoms with van der Waals surface area (Å²) in [6, 6.07) is 15.8. The quantitative estimate of drug-likeness (QED) is 0.810. The fourth-order valence-corrected chi connectivity index (χ4v) is 4.38. The van der Waals surface area contributed by atoms with Gasteiger partial charge in [0.25, 0.3) is 5.91 Å². The van der Waals surface area contributed by atoms with E-state index in [1.807, 2.05) is 35.2 Å². The van der Waals surface area contributed by atoms with Gasteiger partial charge in [0.15, 0.2) is 0 Å². The number of hydrogen-bond acceptors (Lipinski definition) is 3. The molecule has 0 radical (unpaired) electrons. The van der Waals surface area contributed by atoms with Crippen molar-refractivity contribution < 1.29 is 13.2 Å². The minimum atomic E-state index is -3.66. The summed E-state index contributed by atoms with van der Waals surface area (Å²) >= 11 is 0. The van der Waals surface area contributed by atoms with Crippen molar-refractivity contribution >= 4 is 15.9 Å². The first-order valence-corrected chi connectivity index (χ1v) is 10.3. The largest absolute Gasteiger partial charge is 0.339 e. The molecule has 1 amide bonds. The highest BCUT2D eigenvalue weighted by Gasteiger charge is 2.24. The van der Waals surface area contributed by atoms with Gasteiger partial charge in [-0.05, 0) is 43.0 Å². The van der Waals surface area contributed by atoms with Gasteiger partial charge in [-0.25, -0.2) is 8.42 Å². The number of amides is 1. The van der Waals surface area contributed by atoms with Crippen LogP contribution in [0.2, 0.25) is 0 Å². The summed E-state index contributed by atoms with van der Waals surface area (Å²) in [5.74, 6) is -0.0903. The highest BCUT2D eigenvalue weighted by molar-refractivity contribution is 7.89. The Kier molecular flexibility index (Phi) is 5.74. The van der Waals surface area contributed by atoms with Gasteiger partial charge in [-0.15, -0.1) is 0 Å². The number of carbonyl (C=O) groups excluding carboxylic acids is 1. The van der Waals surface area contributed by atoms with Crippen LogP contribution in [0, 0.1) is 0 Å². The molecule has 0 spiro atoms. The number of hydrogen-bond donors (Lipinski definition) is 0. The van der Waals surface area contributed by atoms with E-state index < -0.39 is 10.0 Å². The molecule has 0 aromatic heterocycles. The minimum absolute atomic E-state index is 0.0903. The molecule has 0 saturated carbocycles. The zero-order chi connectivity index (χ0) is 18.6. The second kappa shape index (κ2) is 8.01. The molecule has 3 rings (SSSR count). The Bertz CT molecular complexity index is 860. The van der Waals surface area contributed by atoms with Crippen LogP contribution in [0.4, 0.5) is 0 Å². The lowest BCUT2D eigenvalue weighted by Crippen LogP contribution is -2.35. The fraction of sp³-hybridized carbons (Fsp3) is 0.350. The van der Waals surface area contributed by atoms with E-state index in [2.05, 4.69) is 0 Å². The standard InChI is InChI=1S/C20H24N2O3S/c1-21(16-17-9-4-2-5-10-17)26(24,25)19-12-8-11-18(15-19)20(23)22-13-6-3-7-14-22/h2,4-5,8-12,15H,3,6-7,13-14,16H2,1H3. The molecule has 138 valence electrons. The van der Waals surface area contributed by atoms with E-state index in [9.17, 15) is 13.2 Å². The molecule has 1 aliphatic heterocycles. The average molecular weight is 372 g/mol. The number of nitrogens with zero attached hydrogens (tertiary/aromatic N) is 2. The molecule has 2 aromatic carbocycles. The van der Waals surface area contributed by atoms with E-state index in [0.29, 0.717) is 5.56 Å². The zero-order valence-corrected chi connectivity index (χ0v) is 15.8. The van der Waals surface area contributed by atoms with Crippen LogP contribution in [0.3, 0.4) is 0 Å². The molecular weight excluding hydrogens is 348 g/mol. The number of likely N-dealkylation sites (tertiary alicyclic amines) is 1. The van der Waals surface area contributed by atoms with Gasteiger partial charge in [-0.3, -0.25) is 4.79 Å². The highest BCUT2D eigenvalue weighted by atomic mass is 32.2. The van der Waals surface area contributed by atoms with Crippen LogP contribution in [0.5, 0.6) is 0 Å². The maximum absolute atomic E-state index is 12.9. The summed E-state index contributed by atoms with van der Waals surface area (Å²) in [7, 11) is -2.10. The molecule has 5 nitrogen and oxygen atoms in total. The number of rotatable bonds is 5. The lowest BCUT2D eigenvalue weighted by Gasteiger charge is -2.27. The summed E-state index contributed by atoms with van der Waals surface area (Å²) < 4.78 is 27.1. The number of piperidine rings is 1. The fourth-order valence-electron chi connectivity index (χ4n) is 3.17. The number of carbonyl (C=O) groups is 1. The van der Waals surface area contributed by atoms with Crippen molar-refractivity contribution in [3.8, 4) is 0 Å². The van der Waals surface area contributed by atoms with Gasteiger partial charge in [0.05, 0.1) is 4.90 Å². The van der Waals surface area contributed by atoms with Gasteiger partial charge in [0.1, 0.15) is 0 Å². The smallest absolute Gasteiger partial charge is 0.253 e. The van der Waals surface area contributed by atoms with Crippen LogP contribution in [-0.4, -0.2) is 43.7 Å². The van der Waals surface area contributed by atoms with Crippen LogP contribution < -0.4 is 0 Å². The Morgan fingerprint density at radius 2 is 1.69 bits per heavy atom. The third-order valence-electron chi connectivity index (χ3n) is 4.68. The second-order valence-electron chi connectivity index (χ2n) is 6.63. The van der Waals surface area contributed by atoms with Gasteiger partial charge in [-0.2, -0.15) is 4.31 Å². The molecule has 0 atom stereocenters. The van der Waals surface area contributed by atoms with Crippen LogP contribution in [0.15, 0.2) is 59.5 Å². The van der Waals surface area contributed by atoms with E-state index in [-0.39, 0.29) is 17.3 Å². The number of sulfonamides is 1. The van der Waals surface area contributed by atoms with Gasteiger partial charge in [-0.1, -0.05) is 36.4 Å². The molecule has 2 aromatic rings. The van der Waals surface area contributed by atoms with Crippen molar-refractivity contribution in [1.82, 2.24) is 9.21 Å². The van der Waals surface area contributed by atoms with Crippen LogP contribution in [-0.2, 0) is 16.6 Å². The maximum Gasteiger partial charge on any atom is 0.253 e. The predicted molar refractivity (Wildman–Crippen MR) is 101 cm³/mol. The first-order chi connectivity index (χ1) is 12.5. The highest BCUT2D eigenvalue weighted by Crippen LogP contribution is 2.20. The molecule has 1 aliphatic rings. The molecule has 0 N–H and O–H groups in total. The Morgan fingerprint density at radius 3 is 2.38 bits per heavy atom. The summed E-state index contributed by atoms with van der Waals surface area (Å²) in [5.41, 5.74) is 1.35. The SMILES string of the molecule is CN(Cc1ccccc1)S(=O)(=O)c1cccc(C(=O)N2CCCCC2)c1. The topological polar surface area (TPSA) is 57.7 Å². The normalized spacial score (nSPS) is 15.2. The van der Waals surface area contributed by atoms with E-state index in [1.165, 1.54) is 10.4 Å². The van der Waals surface area contributed by atoms with Gasteiger partial charge >= 0.3 is 0 Å². The zero-order valence-electron chi connectivity index (χ0n) is 15.0. The van der Waals surface area contributed by atoms with Crippen molar-refractivity contribution in [3.63, 3.8) is 0 Å². The third-order valence-corrected chi connectivity index (χ3v) is 6.48. The van der Waals surface area contributed by atoms with Crippen molar-refractivity contribution in [1.29, 1.82) is 0 Å². The minimum Gasteiger partial charge on any atom is -0.339 e. The van der Waals surface area contributed by atoms with Crippen molar-refractivity contribution in [2.75, 3.05) is 20.1 Å². The summed E-state index contributed by atoms with van der Waals surface area (Å²) in [6.45, 7) is 1.76. The maximum atomic E-state index is 12.9. The van der Waals surface area contributed by atoms with Crippen molar-refractivity contribution in [2.45, 2.75) is 30.7 Å². The van der Waals surface area contributed by atoms with Crippen molar-refractivity contribution in [3.05, 3.63) is 65.7 Å². The third kappa shape index (κ3) is 4.14. The Hall–Kier alpha value is -2.18. The van der Waals surface area contributed by atoms with Crippen LogP contribution in [0.25, 0.3) is 0 Å². The lowest BCUT2D eigenvalue weighted by molar-refractivity contribution is 0.0724. The lowest BCUT2D eigenvalue weighted by atomic mass is 10.1. The molecule has 0 bridgehead atoms. The van der Waals surface area contributed by atoms with E-state index in [4.69, 9.17) is 0 Å². The molecule has 6 heteroatoms. The van der Waals surface area contributed by atoms with Gasteiger partial charge < -0.3 is 4.90 Å². The van der Waals surface area contributed by atoms with E-state index >= 15 is 0 Å². The molecule has 0 aliphatic carbocycles. The Balaban J connectivity index is 1.80. The monoisotopic (exact) mass is 372 g/mol. The second-order valence-corrected chi connectivity index (χ2v) is 8.67. The molecular formula is C20H24N2O3S. The predicted octanol–water partition coefficient (Wildman–Crippen LogP) is 3.13. The van der Waals surface area contributed by atoms with Crippen LogP contribution in [0.1, 0.15) is 35.2 Å². The van der Waals surface area contributed by atoms with Crippen LogP contribution >= 0.6 is 0 Å². The number of benzene rings is 2. The van der Waals surface area contributed by atoms with Crippen molar-refractivity contribution in [2.24, 2.45) is 0 Å².